The molecule has 0 bridgehead atoms. The Morgan fingerprint density at radius 1 is 0.909 bits per heavy atom. The van der Waals surface area contributed by atoms with Crippen LogP contribution in [-0.4, -0.2) is 25.0 Å². The number of rotatable bonds is 4. The highest BCUT2D eigenvalue weighted by Crippen LogP contribution is 2.21. The molecular formula is C18H21NO2S. The SMILES string of the molecule is O=S1(=O)CCc2ccccc2CN1CCCc1ccccc1. The summed E-state index contributed by atoms with van der Waals surface area (Å²) in [4.78, 5) is 0. The molecule has 1 aliphatic heterocycles. The van der Waals surface area contributed by atoms with Crippen molar-refractivity contribution in [3.05, 3.63) is 71.3 Å². The molecule has 2 aromatic carbocycles. The minimum atomic E-state index is -3.15. The van der Waals surface area contributed by atoms with Crippen LogP contribution in [0, 0.1) is 0 Å². The van der Waals surface area contributed by atoms with Crippen LogP contribution in [0.1, 0.15) is 23.1 Å². The number of nitrogens with zero attached hydrogens (tertiary/aromatic N) is 1. The molecule has 116 valence electrons. The molecule has 4 heteroatoms. The van der Waals surface area contributed by atoms with Crippen molar-refractivity contribution in [1.29, 1.82) is 0 Å². The second-order valence-corrected chi connectivity index (χ2v) is 7.85. The zero-order chi connectivity index (χ0) is 15.4. The van der Waals surface area contributed by atoms with Crippen molar-refractivity contribution >= 4 is 10.0 Å². The number of hydrogen-bond donors (Lipinski definition) is 0. The lowest BCUT2D eigenvalue weighted by molar-refractivity contribution is 0.403. The summed E-state index contributed by atoms with van der Waals surface area (Å²) in [6.45, 7) is 1.10. The van der Waals surface area contributed by atoms with Gasteiger partial charge in [-0.2, -0.15) is 4.31 Å². The third-order valence-electron chi connectivity index (χ3n) is 4.20. The van der Waals surface area contributed by atoms with Gasteiger partial charge >= 0.3 is 0 Å². The molecule has 0 radical (unpaired) electrons. The highest BCUT2D eigenvalue weighted by Gasteiger charge is 2.26. The van der Waals surface area contributed by atoms with Crippen molar-refractivity contribution in [2.75, 3.05) is 12.3 Å². The smallest absolute Gasteiger partial charge is 0.212 e. The Kier molecular flexibility index (Phi) is 4.60. The summed E-state index contributed by atoms with van der Waals surface area (Å²) in [5.41, 5.74) is 3.56. The molecule has 0 aromatic heterocycles. The van der Waals surface area contributed by atoms with E-state index in [4.69, 9.17) is 0 Å². The van der Waals surface area contributed by atoms with E-state index in [-0.39, 0.29) is 5.75 Å². The van der Waals surface area contributed by atoms with Gasteiger partial charge in [-0.05, 0) is 36.0 Å². The van der Waals surface area contributed by atoms with Crippen molar-refractivity contribution in [3.63, 3.8) is 0 Å². The van der Waals surface area contributed by atoms with Crippen LogP contribution in [0.4, 0.5) is 0 Å². The first kappa shape index (κ1) is 15.3. The monoisotopic (exact) mass is 315 g/mol. The van der Waals surface area contributed by atoms with Crippen molar-refractivity contribution < 1.29 is 8.42 Å². The molecule has 0 saturated carbocycles. The zero-order valence-electron chi connectivity index (χ0n) is 12.6. The summed E-state index contributed by atoms with van der Waals surface area (Å²) < 4.78 is 26.5. The van der Waals surface area contributed by atoms with Crippen LogP contribution in [0.5, 0.6) is 0 Å². The second kappa shape index (κ2) is 6.63. The summed E-state index contributed by atoms with van der Waals surface area (Å²) in [6, 6.07) is 18.3. The summed E-state index contributed by atoms with van der Waals surface area (Å²) >= 11 is 0. The highest BCUT2D eigenvalue weighted by atomic mass is 32.2. The Morgan fingerprint density at radius 3 is 2.36 bits per heavy atom. The average molecular weight is 315 g/mol. The first-order chi connectivity index (χ1) is 10.6. The Hall–Kier alpha value is -1.65. The van der Waals surface area contributed by atoms with Gasteiger partial charge in [0.2, 0.25) is 10.0 Å². The largest absolute Gasteiger partial charge is 0.214 e. The maximum atomic E-state index is 12.4. The maximum Gasteiger partial charge on any atom is 0.214 e. The summed E-state index contributed by atoms with van der Waals surface area (Å²) in [6.07, 6.45) is 2.38. The van der Waals surface area contributed by atoms with E-state index < -0.39 is 10.0 Å². The molecule has 0 aliphatic carbocycles. The standard InChI is InChI=1S/C18H21NO2S/c20-22(21)14-12-17-10-4-5-11-18(17)15-19(22)13-6-9-16-7-2-1-3-8-16/h1-5,7-8,10-11H,6,9,12-15H2. The van der Waals surface area contributed by atoms with Crippen LogP contribution in [0.15, 0.2) is 54.6 Å². The molecular weight excluding hydrogens is 294 g/mol. The number of aryl methyl sites for hydroxylation is 2. The van der Waals surface area contributed by atoms with E-state index in [9.17, 15) is 8.42 Å². The van der Waals surface area contributed by atoms with E-state index in [1.54, 1.807) is 4.31 Å². The van der Waals surface area contributed by atoms with Crippen LogP contribution in [0.2, 0.25) is 0 Å². The highest BCUT2D eigenvalue weighted by molar-refractivity contribution is 7.89. The van der Waals surface area contributed by atoms with E-state index in [1.165, 1.54) is 5.56 Å². The van der Waals surface area contributed by atoms with E-state index in [0.717, 1.165) is 24.0 Å². The third kappa shape index (κ3) is 3.57. The fraction of sp³-hybridized carbons (Fsp3) is 0.333. The first-order valence-corrected chi connectivity index (χ1v) is 9.34. The maximum absolute atomic E-state index is 12.4. The van der Waals surface area contributed by atoms with Gasteiger partial charge in [0.25, 0.3) is 0 Å². The Bertz CT molecular complexity index is 726. The van der Waals surface area contributed by atoms with Crippen LogP contribution in [0.3, 0.4) is 0 Å². The van der Waals surface area contributed by atoms with Crippen LogP contribution in [0.25, 0.3) is 0 Å². The van der Waals surface area contributed by atoms with E-state index in [0.29, 0.717) is 19.5 Å². The molecule has 22 heavy (non-hydrogen) atoms. The third-order valence-corrected chi connectivity index (χ3v) is 6.02. The van der Waals surface area contributed by atoms with Gasteiger partial charge in [-0.25, -0.2) is 8.42 Å². The van der Waals surface area contributed by atoms with E-state index >= 15 is 0 Å². The van der Waals surface area contributed by atoms with E-state index in [1.807, 2.05) is 42.5 Å². The summed E-state index contributed by atoms with van der Waals surface area (Å²) in [5.74, 6) is 0.218. The second-order valence-electron chi connectivity index (χ2n) is 5.76. The fourth-order valence-electron chi connectivity index (χ4n) is 2.93. The fourth-order valence-corrected chi connectivity index (χ4v) is 4.41. The quantitative estimate of drug-likeness (QED) is 0.870. The summed E-state index contributed by atoms with van der Waals surface area (Å²) in [5, 5.41) is 0. The van der Waals surface area contributed by atoms with Crippen LogP contribution < -0.4 is 0 Å². The van der Waals surface area contributed by atoms with Crippen molar-refractivity contribution in [1.82, 2.24) is 4.31 Å². The molecule has 0 fully saturated rings. The Labute approximate surface area is 132 Å². The molecule has 3 nitrogen and oxygen atoms in total. The molecule has 1 heterocycles. The van der Waals surface area contributed by atoms with Crippen LogP contribution in [-0.2, 0) is 29.4 Å². The minimum Gasteiger partial charge on any atom is -0.212 e. The minimum absolute atomic E-state index is 0.218. The molecule has 0 spiro atoms. The predicted molar refractivity (Wildman–Crippen MR) is 89.1 cm³/mol. The normalized spacial score (nSPS) is 17.6. The molecule has 2 aromatic rings. The van der Waals surface area contributed by atoms with Gasteiger partial charge in [-0.1, -0.05) is 54.6 Å². The van der Waals surface area contributed by atoms with E-state index in [2.05, 4.69) is 12.1 Å². The Morgan fingerprint density at radius 2 is 1.59 bits per heavy atom. The van der Waals surface area contributed by atoms with Gasteiger partial charge in [0.1, 0.15) is 0 Å². The summed E-state index contributed by atoms with van der Waals surface area (Å²) in [7, 11) is -3.15. The Balaban J connectivity index is 1.68. The van der Waals surface area contributed by atoms with Gasteiger partial charge in [0, 0.05) is 13.1 Å². The van der Waals surface area contributed by atoms with Crippen LogP contribution >= 0.6 is 0 Å². The first-order valence-electron chi connectivity index (χ1n) is 7.74. The number of sulfonamides is 1. The number of hydrogen-bond acceptors (Lipinski definition) is 2. The molecule has 1 aliphatic rings. The molecule has 0 atom stereocenters. The molecule has 0 saturated heterocycles. The van der Waals surface area contributed by atoms with Crippen molar-refractivity contribution in [3.8, 4) is 0 Å². The van der Waals surface area contributed by atoms with Crippen molar-refractivity contribution in [2.24, 2.45) is 0 Å². The predicted octanol–water partition coefficient (Wildman–Crippen LogP) is 3.01. The molecule has 0 amide bonds. The van der Waals surface area contributed by atoms with Gasteiger partial charge in [-0.3, -0.25) is 0 Å². The van der Waals surface area contributed by atoms with Gasteiger partial charge in [0.15, 0.2) is 0 Å². The van der Waals surface area contributed by atoms with Gasteiger partial charge in [-0.15, -0.1) is 0 Å². The topological polar surface area (TPSA) is 37.4 Å². The zero-order valence-corrected chi connectivity index (χ0v) is 13.4. The lowest BCUT2D eigenvalue weighted by Gasteiger charge is -2.20. The number of benzene rings is 2. The molecule has 0 N–H and O–H groups in total. The van der Waals surface area contributed by atoms with Crippen molar-refractivity contribution in [2.45, 2.75) is 25.8 Å². The molecule has 0 unspecified atom stereocenters. The number of fused-ring (bicyclic) bond motifs is 1. The van der Waals surface area contributed by atoms with Gasteiger partial charge < -0.3 is 0 Å². The lowest BCUT2D eigenvalue weighted by Crippen LogP contribution is -2.32. The average Bonchev–Trinajstić information content (AvgIpc) is 2.66. The lowest BCUT2D eigenvalue weighted by atomic mass is 10.1. The van der Waals surface area contributed by atoms with Gasteiger partial charge in [0.05, 0.1) is 5.75 Å². The molecule has 3 rings (SSSR count).